The van der Waals surface area contributed by atoms with Crippen LogP contribution in [0, 0.1) is 11.3 Å². The van der Waals surface area contributed by atoms with Crippen molar-refractivity contribution < 1.29 is 9.53 Å². The molecule has 0 aliphatic rings. The van der Waals surface area contributed by atoms with Crippen molar-refractivity contribution in [2.24, 2.45) is 0 Å². The number of aromatic nitrogens is 1. The molecule has 0 amide bonds. The molecule has 2 rings (SSSR count). The molecule has 0 aliphatic carbocycles. The lowest BCUT2D eigenvalue weighted by Gasteiger charge is -1.94. The summed E-state index contributed by atoms with van der Waals surface area (Å²) in [5.41, 5.74) is 1.31. The highest BCUT2D eigenvalue weighted by molar-refractivity contribution is 9.10. The number of aromatic amines is 1. The Labute approximate surface area is 97.6 Å². The summed E-state index contributed by atoms with van der Waals surface area (Å²) in [6.07, 6.45) is 0. The average molecular weight is 285 g/mol. The first-order chi connectivity index (χ1) is 7.19. The van der Waals surface area contributed by atoms with Gasteiger partial charge in [-0.2, -0.15) is 5.26 Å². The van der Waals surface area contributed by atoms with Gasteiger partial charge in [0.15, 0.2) is 0 Å². The number of hydrogen-bond acceptors (Lipinski definition) is 4. The molecule has 15 heavy (non-hydrogen) atoms. The standard InChI is InChI=1S/C9H5BrN2O2S/c1-14-9(13)6-4(2-11)8-7(12-6)5(10)3-15-8/h3,12H,1H3. The lowest BCUT2D eigenvalue weighted by atomic mass is 10.2. The van der Waals surface area contributed by atoms with Crippen LogP contribution in [-0.4, -0.2) is 18.1 Å². The van der Waals surface area contributed by atoms with Crippen molar-refractivity contribution in [1.29, 1.82) is 5.26 Å². The first-order valence-corrected chi connectivity index (χ1v) is 5.63. The monoisotopic (exact) mass is 284 g/mol. The van der Waals surface area contributed by atoms with Crippen molar-refractivity contribution in [2.75, 3.05) is 7.11 Å². The van der Waals surface area contributed by atoms with Gasteiger partial charge in [-0.1, -0.05) is 0 Å². The molecule has 76 valence electrons. The van der Waals surface area contributed by atoms with Gasteiger partial charge in [0.05, 0.1) is 21.8 Å². The number of rotatable bonds is 1. The van der Waals surface area contributed by atoms with Gasteiger partial charge in [0, 0.05) is 5.38 Å². The molecule has 0 spiro atoms. The zero-order valence-electron chi connectivity index (χ0n) is 7.63. The van der Waals surface area contributed by atoms with Crippen molar-refractivity contribution >= 4 is 43.5 Å². The molecule has 2 heterocycles. The number of carbonyl (C=O) groups excluding carboxylic acids is 1. The number of hydrogen-bond donors (Lipinski definition) is 1. The van der Waals surface area contributed by atoms with E-state index >= 15 is 0 Å². The van der Waals surface area contributed by atoms with E-state index in [2.05, 4.69) is 25.7 Å². The number of esters is 1. The fourth-order valence-electron chi connectivity index (χ4n) is 1.30. The highest BCUT2D eigenvalue weighted by atomic mass is 79.9. The largest absolute Gasteiger partial charge is 0.464 e. The molecule has 2 aromatic heterocycles. The van der Waals surface area contributed by atoms with Crippen LogP contribution in [-0.2, 0) is 4.74 Å². The van der Waals surface area contributed by atoms with Crippen LogP contribution in [0.15, 0.2) is 9.85 Å². The van der Waals surface area contributed by atoms with Gasteiger partial charge in [0.2, 0.25) is 0 Å². The summed E-state index contributed by atoms with van der Waals surface area (Å²) in [7, 11) is 1.29. The maximum Gasteiger partial charge on any atom is 0.355 e. The highest BCUT2D eigenvalue weighted by Gasteiger charge is 2.20. The lowest BCUT2D eigenvalue weighted by Crippen LogP contribution is -2.03. The van der Waals surface area contributed by atoms with Gasteiger partial charge in [-0.25, -0.2) is 4.79 Å². The van der Waals surface area contributed by atoms with E-state index in [0.29, 0.717) is 5.56 Å². The van der Waals surface area contributed by atoms with Gasteiger partial charge in [0.1, 0.15) is 17.3 Å². The number of fused-ring (bicyclic) bond motifs is 1. The molecule has 0 saturated heterocycles. The molecular weight excluding hydrogens is 280 g/mol. The van der Waals surface area contributed by atoms with Gasteiger partial charge in [-0.05, 0) is 15.9 Å². The predicted octanol–water partition coefficient (Wildman–Crippen LogP) is 2.65. The second kappa shape index (κ2) is 3.68. The van der Waals surface area contributed by atoms with Gasteiger partial charge >= 0.3 is 5.97 Å². The van der Waals surface area contributed by atoms with Crippen LogP contribution >= 0.6 is 27.3 Å². The highest BCUT2D eigenvalue weighted by Crippen LogP contribution is 2.34. The molecule has 2 aromatic rings. The Bertz CT molecular complexity index is 579. The van der Waals surface area contributed by atoms with Gasteiger partial charge in [0.25, 0.3) is 0 Å². The molecular formula is C9H5BrN2O2S. The Hall–Kier alpha value is -1.32. The van der Waals surface area contributed by atoms with Gasteiger partial charge < -0.3 is 9.72 Å². The third-order valence-corrected chi connectivity index (χ3v) is 3.90. The van der Waals surface area contributed by atoms with E-state index in [0.717, 1.165) is 14.7 Å². The number of nitriles is 1. The van der Waals surface area contributed by atoms with Crippen molar-refractivity contribution in [3.05, 3.63) is 21.1 Å². The number of nitrogens with zero attached hydrogens (tertiary/aromatic N) is 1. The molecule has 0 aromatic carbocycles. The third-order valence-electron chi connectivity index (χ3n) is 1.97. The van der Waals surface area contributed by atoms with Gasteiger partial charge in [-0.15, -0.1) is 11.3 Å². The second-order valence-electron chi connectivity index (χ2n) is 2.77. The molecule has 0 atom stereocenters. The molecule has 0 saturated carbocycles. The zero-order valence-corrected chi connectivity index (χ0v) is 10.0. The summed E-state index contributed by atoms with van der Waals surface area (Å²) in [6.45, 7) is 0. The van der Waals surface area contributed by atoms with E-state index in [1.807, 2.05) is 11.4 Å². The van der Waals surface area contributed by atoms with Crippen molar-refractivity contribution in [3.63, 3.8) is 0 Å². The van der Waals surface area contributed by atoms with Crippen molar-refractivity contribution in [1.82, 2.24) is 4.98 Å². The molecule has 4 nitrogen and oxygen atoms in total. The number of H-pyrrole nitrogens is 1. The van der Waals surface area contributed by atoms with Crippen molar-refractivity contribution in [3.8, 4) is 6.07 Å². The fraction of sp³-hybridized carbons (Fsp3) is 0.111. The SMILES string of the molecule is COC(=O)c1[nH]c2c(Br)csc2c1C#N. The summed E-state index contributed by atoms with van der Waals surface area (Å²) < 4.78 is 6.20. The zero-order chi connectivity index (χ0) is 11.0. The molecule has 0 unspecified atom stereocenters. The molecule has 0 bridgehead atoms. The lowest BCUT2D eigenvalue weighted by molar-refractivity contribution is 0.0595. The third kappa shape index (κ3) is 1.44. The van der Waals surface area contributed by atoms with E-state index in [1.165, 1.54) is 18.4 Å². The Morgan fingerprint density at radius 1 is 1.73 bits per heavy atom. The van der Waals surface area contributed by atoms with Crippen LogP contribution in [0.1, 0.15) is 16.1 Å². The van der Waals surface area contributed by atoms with E-state index < -0.39 is 5.97 Å². The molecule has 0 aliphatic heterocycles. The average Bonchev–Trinajstić information content (AvgIpc) is 2.77. The van der Waals surface area contributed by atoms with Crippen molar-refractivity contribution in [2.45, 2.75) is 0 Å². The minimum absolute atomic E-state index is 0.211. The topological polar surface area (TPSA) is 65.9 Å². The van der Waals surface area contributed by atoms with E-state index in [4.69, 9.17) is 5.26 Å². The normalized spacial score (nSPS) is 10.2. The number of carbonyl (C=O) groups is 1. The fourth-order valence-corrected chi connectivity index (χ4v) is 2.89. The van der Waals surface area contributed by atoms with Crippen LogP contribution < -0.4 is 0 Å². The number of methoxy groups -OCH3 is 1. The Balaban J connectivity index is 2.76. The molecule has 0 fully saturated rings. The van der Waals surface area contributed by atoms with Crippen LogP contribution in [0.25, 0.3) is 10.2 Å². The molecule has 6 heteroatoms. The van der Waals surface area contributed by atoms with Crippen LogP contribution in [0.2, 0.25) is 0 Å². The Morgan fingerprint density at radius 2 is 2.47 bits per heavy atom. The quantitative estimate of drug-likeness (QED) is 0.819. The smallest absolute Gasteiger partial charge is 0.355 e. The van der Waals surface area contributed by atoms with Crippen LogP contribution in [0.5, 0.6) is 0 Å². The first kappa shape index (κ1) is 10.2. The Kier molecular flexibility index (Phi) is 2.50. The van der Waals surface area contributed by atoms with Crippen LogP contribution in [0.4, 0.5) is 0 Å². The first-order valence-electron chi connectivity index (χ1n) is 3.96. The summed E-state index contributed by atoms with van der Waals surface area (Å²) in [5, 5.41) is 10.8. The number of nitrogens with one attached hydrogen (secondary N) is 1. The minimum atomic E-state index is -0.526. The predicted molar refractivity (Wildman–Crippen MR) is 59.9 cm³/mol. The number of ether oxygens (including phenoxy) is 1. The summed E-state index contributed by atoms with van der Waals surface area (Å²) in [5.74, 6) is -0.526. The van der Waals surface area contributed by atoms with E-state index in [9.17, 15) is 4.79 Å². The summed E-state index contributed by atoms with van der Waals surface area (Å²) in [6, 6.07) is 2.00. The maximum absolute atomic E-state index is 11.4. The van der Waals surface area contributed by atoms with Gasteiger partial charge in [-0.3, -0.25) is 0 Å². The van der Waals surface area contributed by atoms with Crippen LogP contribution in [0.3, 0.4) is 0 Å². The molecule has 0 radical (unpaired) electrons. The number of thiophene rings is 1. The molecule has 1 N–H and O–H groups in total. The second-order valence-corrected chi connectivity index (χ2v) is 4.50. The Morgan fingerprint density at radius 3 is 3.07 bits per heavy atom. The minimum Gasteiger partial charge on any atom is -0.464 e. The summed E-state index contributed by atoms with van der Waals surface area (Å²) >= 11 is 4.74. The van der Waals surface area contributed by atoms with E-state index in [1.54, 1.807) is 0 Å². The number of halogens is 1. The maximum atomic E-state index is 11.4. The summed E-state index contributed by atoms with van der Waals surface area (Å²) in [4.78, 5) is 14.2. The van der Waals surface area contributed by atoms with E-state index in [-0.39, 0.29) is 5.69 Å².